The van der Waals surface area contributed by atoms with Crippen molar-refractivity contribution in [2.45, 2.75) is 0 Å². The van der Waals surface area contributed by atoms with Crippen LogP contribution in [0.5, 0.6) is 5.75 Å². The van der Waals surface area contributed by atoms with Gasteiger partial charge < -0.3 is 9.78 Å². The van der Waals surface area contributed by atoms with Gasteiger partial charge in [-0.05, 0) is 37.9 Å². The molecule has 0 aliphatic rings. The third kappa shape index (κ3) is 2.95. The molecule has 0 spiro atoms. The summed E-state index contributed by atoms with van der Waals surface area (Å²) in [6.45, 7) is 0. The zero-order valence-corrected chi connectivity index (χ0v) is 11.9. The van der Waals surface area contributed by atoms with Gasteiger partial charge in [-0.2, -0.15) is 0 Å². The summed E-state index contributed by atoms with van der Waals surface area (Å²) in [7, 11) is -1.88. The summed E-state index contributed by atoms with van der Waals surface area (Å²) in [5, 5.41) is 9.38. The molecule has 0 heterocycles. The van der Waals surface area contributed by atoms with Crippen LogP contribution in [0.3, 0.4) is 0 Å². The molecule has 0 saturated carbocycles. The van der Waals surface area contributed by atoms with E-state index in [1.54, 1.807) is 0 Å². The maximum atomic E-state index is 11.5. The largest absolute Gasteiger partial charge is 0.508 e. The summed E-state index contributed by atoms with van der Waals surface area (Å²) < 4.78 is 13.9. The number of benzene rings is 1. The minimum absolute atomic E-state index is 0.0281. The fourth-order valence-corrected chi connectivity index (χ4v) is 2.53. The molecule has 15 heavy (non-hydrogen) atoms. The van der Waals surface area contributed by atoms with Crippen LogP contribution in [-0.2, 0) is 4.57 Å². The summed E-state index contributed by atoms with van der Waals surface area (Å²) in [5.41, 5.74) is 11.1. The van der Waals surface area contributed by atoms with E-state index in [0.717, 1.165) is 0 Å². The van der Waals surface area contributed by atoms with Crippen molar-refractivity contribution in [1.82, 2.24) is 0 Å². The molecule has 0 radical (unpaired) electrons. The summed E-state index contributed by atoms with van der Waals surface area (Å²) in [5.74, 6) is 0.0281. The second kappa shape index (κ2) is 4.43. The molecule has 0 aromatic heterocycles. The minimum atomic E-state index is -3.37. The van der Waals surface area contributed by atoms with Crippen LogP contribution in [0.15, 0.2) is 21.1 Å². The van der Waals surface area contributed by atoms with Crippen LogP contribution in [0.1, 0.15) is 0 Å². The first-order valence-electron chi connectivity index (χ1n) is 3.83. The second-order valence-electron chi connectivity index (χ2n) is 2.96. The van der Waals surface area contributed by atoms with E-state index in [-0.39, 0.29) is 5.75 Å². The van der Waals surface area contributed by atoms with Crippen LogP contribution in [0.25, 0.3) is 0 Å². The van der Waals surface area contributed by atoms with Crippen molar-refractivity contribution in [3.8, 4) is 5.75 Å². The van der Waals surface area contributed by atoms with Gasteiger partial charge in [0, 0.05) is 17.6 Å². The highest BCUT2D eigenvalue weighted by atomic mass is 79.9. The van der Waals surface area contributed by atoms with Crippen LogP contribution in [0, 0.1) is 0 Å². The van der Waals surface area contributed by atoms with E-state index in [0.29, 0.717) is 14.6 Å². The fourth-order valence-electron chi connectivity index (χ4n) is 0.965. The van der Waals surface area contributed by atoms with Crippen molar-refractivity contribution in [1.29, 1.82) is 0 Å². The van der Waals surface area contributed by atoms with Crippen molar-refractivity contribution < 1.29 is 9.67 Å². The Labute approximate surface area is 104 Å². The van der Waals surface area contributed by atoms with Crippen LogP contribution in [0.4, 0.5) is 5.69 Å². The number of halogens is 2. The number of aromatic hydroxyl groups is 1. The van der Waals surface area contributed by atoms with Gasteiger partial charge in [-0.15, -0.1) is 0 Å². The molecule has 84 valence electrons. The highest BCUT2D eigenvalue weighted by Crippen LogP contribution is 2.43. The molecule has 8 heteroatoms. The third-order valence-corrected chi connectivity index (χ3v) is 4.96. The number of nitrogens with zero attached hydrogens (tertiary/aromatic N) is 1. The van der Waals surface area contributed by atoms with Crippen LogP contribution < -0.4 is 15.7 Å². The standard InChI is InChI=1S/C7H10Br2N3O2P/c1-12(15(10,11)14)6-3-4(13)2-5(8)7(6)9/h2-3,13H,1H3,(H4,10,11,14). The predicted octanol–water partition coefficient (Wildman–Crippen LogP) is 2.38. The summed E-state index contributed by atoms with van der Waals surface area (Å²) in [4.78, 5) is 0. The van der Waals surface area contributed by atoms with E-state index in [9.17, 15) is 9.67 Å². The van der Waals surface area contributed by atoms with E-state index >= 15 is 0 Å². The molecular formula is C7H10Br2N3O2P. The van der Waals surface area contributed by atoms with Gasteiger partial charge in [0.05, 0.1) is 10.2 Å². The number of anilines is 1. The smallest absolute Gasteiger partial charge is 0.300 e. The van der Waals surface area contributed by atoms with Crippen molar-refractivity contribution in [3.05, 3.63) is 21.1 Å². The first kappa shape index (κ1) is 13.0. The molecule has 0 saturated heterocycles. The van der Waals surface area contributed by atoms with Gasteiger partial charge in [0.25, 0.3) is 7.59 Å². The maximum Gasteiger partial charge on any atom is 0.300 e. The number of nitrogens with two attached hydrogens (primary N) is 2. The minimum Gasteiger partial charge on any atom is -0.508 e. The molecule has 5 nitrogen and oxygen atoms in total. The zero-order chi connectivity index (χ0) is 11.8. The number of rotatable bonds is 2. The monoisotopic (exact) mass is 357 g/mol. The predicted molar refractivity (Wildman–Crippen MR) is 67.9 cm³/mol. The molecule has 0 bridgehead atoms. The van der Waals surface area contributed by atoms with Gasteiger partial charge in [0.1, 0.15) is 5.75 Å². The second-order valence-corrected chi connectivity index (χ2v) is 6.55. The molecule has 1 aromatic carbocycles. The average Bonchev–Trinajstić information content (AvgIpc) is 2.08. The number of hydrogen-bond donors (Lipinski definition) is 3. The highest BCUT2D eigenvalue weighted by Gasteiger charge is 2.21. The van der Waals surface area contributed by atoms with Gasteiger partial charge in [-0.1, -0.05) is 0 Å². The molecular weight excluding hydrogens is 349 g/mol. The quantitative estimate of drug-likeness (QED) is 0.706. The molecule has 1 rings (SSSR count). The lowest BCUT2D eigenvalue weighted by Gasteiger charge is -2.24. The topological polar surface area (TPSA) is 92.6 Å². The summed E-state index contributed by atoms with van der Waals surface area (Å²) in [6, 6.07) is 2.92. The van der Waals surface area contributed by atoms with Crippen molar-refractivity contribution in [2.75, 3.05) is 11.7 Å². The maximum absolute atomic E-state index is 11.5. The van der Waals surface area contributed by atoms with E-state index in [1.165, 1.54) is 23.9 Å². The SMILES string of the molecule is CN(c1cc(O)cc(Br)c1Br)P(N)(N)=O. The van der Waals surface area contributed by atoms with Crippen LogP contribution >= 0.6 is 39.5 Å². The molecule has 5 N–H and O–H groups in total. The van der Waals surface area contributed by atoms with E-state index in [1.807, 2.05) is 0 Å². The van der Waals surface area contributed by atoms with Crippen LogP contribution in [0.2, 0.25) is 0 Å². The lowest BCUT2D eigenvalue weighted by molar-refractivity contribution is 0.475. The molecule has 0 unspecified atom stereocenters. The van der Waals surface area contributed by atoms with Crippen molar-refractivity contribution >= 4 is 45.1 Å². The van der Waals surface area contributed by atoms with Gasteiger partial charge in [0.2, 0.25) is 0 Å². The Hall–Kier alpha value is -0.0700. The van der Waals surface area contributed by atoms with Gasteiger partial charge in [0.15, 0.2) is 0 Å². The molecule has 0 fully saturated rings. The van der Waals surface area contributed by atoms with E-state index in [4.69, 9.17) is 11.0 Å². The first-order valence-corrected chi connectivity index (χ1v) is 7.21. The Morgan fingerprint density at radius 3 is 2.40 bits per heavy atom. The molecule has 0 atom stereocenters. The first-order chi connectivity index (χ1) is 6.73. The molecule has 0 aliphatic carbocycles. The normalized spacial score (nSPS) is 11.5. The Balaban J connectivity index is 3.32. The Bertz CT molecular complexity index is 434. The van der Waals surface area contributed by atoms with Crippen LogP contribution in [-0.4, -0.2) is 12.2 Å². The van der Waals surface area contributed by atoms with E-state index < -0.39 is 7.59 Å². The van der Waals surface area contributed by atoms with Gasteiger partial charge >= 0.3 is 0 Å². The lowest BCUT2D eigenvalue weighted by atomic mass is 10.3. The van der Waals surface area contributed by atoms with Crippen molar-refractivity contribution in [2.24, 2.45) is 11.0 Å². The molecule has 0 amide bonds. The average molecular weight is 359 g/mol. The van der Waals surface area contributed by atoms with Gasteiger partial charge in [-0.25, -0.2) is 0 Å². The fraction of sp³-hybridized carbons (Fsp3) is 0.143. The summed E-state index contributed by atoms with van der Waals surface area (Å²) >= 11 is 6.50. The van der Waals surface area contributed by atoms with Gasteiger partial charge in [-0.3, -0.25) is 15.6 Å². The highest BCUT2D eigenvalue weighted by molar-refractivity contribution is 9.13. The van der Waals surface area contributed by atoms with E-state index in [2.05, 4.69) is 31.9 Å². The number of phenolic OH excluding ortho intramolecular Hbond substituents is 1. The third-order valence-electron chi connectivity index (χ3n) is 1.81. The Morgan fingerprint density at radius 1 is 1.40 bits per heavy atom. The number of phenols is 1. The molecule has 0 aliphatic heterocycles. The Morgan fingerprint density at radius 2 is 1.93 bits per heavy atom. The summed E-state index contributed by atoms with van der Waals surface area (Å²) in [6.07, 6.45) is 0. The molecule has 1 aromatic rings. The lowest BCUT2D eigenvalue weighted by Crippen LogP contribution is -2.24. The zero-order valence-electron chi connectivity index (χ0n) is 7.82. The number of hydrogen-bond acceptors (Lipinski definition) is 2. The Kier molecular flexibility index (Phi) is 3.84. The van der Waals surface area contributed by atoms with Crippen molar-refractivity contribution in [3.63, 3.8) is 0 Å².